The number of aliphatic hydroxyl groups is 1. The van der Waals surface area contributed by atoms with Gasteiger partial charge in [0.05, 0.1) is 25.8 Å². The molecule has 0 saturated carbocycles. The third kappa shape index (κ3) is 4.55. The van der Waals surface area contributed by atoms with Crippen molar-refractivity contribution in [2.75, 3.05) is 32.1 Å². The average molecular weight is 381 g/mol. The van der Waals surface area contributed by atoms with Crippen LogP contribution in [0, 0.1) is 0 Å². The minimum atomic E-state index is -0.553. The standard InChI is InChI=1S/C21H23N3O4/c1-28-21(27)18-14-24(11-12-25)20(26)19(18)23-17-7-4-5-15(13-17)8-9-16-6-2-3-10-22-16/h2-7,10,13,23,25H,8-9,11-12,14H2,1H3. The Morgan fingerprint density at radius 3 is 2.82 bits per heavy atom. The van der Waals surface area contributed by atoms with Crippen LogP contribution >= 0.6 is 0 Å². The van der Waals surface area contributed by atoms with E-state index in [0.29, 0.717) is 5.69 Å². The smallest absolute Gasteiger partial charge is 0.337 e. The molecular formula is C21H23N3O4. The van der Waals surface area contributed by atoms with Gasteiger partial charge in [-0.25, -0.2) is 4.79 Å². The summed E-state index contributed by atoms with van der Waals surface area (Å²) in [5.74, 6) is -0.879. The van der Waals surface area contributed by atoms with Crippen molar-refractivity contribution >= 4 is 17.6 Å². The lowest BCUT2D eigenvalue weighted by Crippen LogP contribution is -2.31. The first kappa shape index (κ1) is 19.6. The maximum Gasteiger partial charge on any atom is 0.337 e. The van der Waals surface area contributed by atoms with Gasteiger partial charge < -0.3 is 20.1 Å². The maximum atomic E-state index is 12.6. The van der Waals surface area contributed by atoms with Crippen LogP contribution in [0.1, 0.15) is 11.3 Å². The number of aliphatic hydroxyl groups excluding tert-OH is 1. The second-order valence-corrected chi connectivity index (χ2v) is 6.44. The zero-order valence-corrected chi connectivity index (χ0v) is 15.7. The number of rotatable bonds is 8. The van der Waals surface area contributed by atoms with Crippen LogP contribution in [0.15, 0.2) is 59.9 Å². The number of anilines is 1. The second kappa shape index (κ2) is 9.14. The fourth-order valence-corrected chi connectivity index (χ4v) is 3.12. The third-order valence-electron chi connectivity index (χ3n) is 4.55. The van der Waals surface area contributed by atoms with Crippen LogP contribution in [0.4, 0.5) is 5.69 Å². The highest BCUT2D eigenvalue weighted by Crippen LogP contribution is 2.23. The van der Waals surface area contributed by atoms with E-state index < -0.39 is 5.97 Å². The first-order chi connectivity index (χ1) is 13.6. The summed E-state index contributed by atoms with van der Waals surface area (Å²) in [5.41, 5.74) is 3.28. The van der Waals surface area contributed by atoms with Crippen molar-refractivity contribution in [3.05, 3.63) is 71.2 Å². The second-order valence-electron chi connectivity index (χ2n) is 6.44. The molecule has 0 atom stereocenters. The van der Waals surface area contributed by atoms with Crippen molar-refractivity contribution in [3.8, 4) is 0 Å². The van der Waals surface area contributed by atoms with Gasteiger partial charge in [0, 0.05) is 24.1 Å². The van der Waals surface area contributed by atoms with Crippen LogP contribution in [0.25, 0.3) is 0 Å². The van der Waals surface area contributed by atoms with Crippen molar-refractivity contribution in [1.82, 2.24) is 9.88 Å². The van der Waals surface area contributed by atoms with E-state index in [4.69, 9.17) is 9.84 Å². The van der Waals surface area contributed by atoms with Gasteiger partial charge in [-0.1, -0.05) is 18.2 Å². The average Bonchev–Trinajstić information content (AvgIpc) is 3.03. The molecule has 1 aromatic heterocycles. The molecule has 7 nitrogen and oxygen atoms in total. The van der Waals surface area contributed by atoms with Gasteiger partial charge in [-0.3, -0.25) is 9.78 Å². The van der Waals surface area contributed by atoms with Gasteiger partial charge in [-0.2, -0.15) is 0 Å². The molecule has 0 aliphatic carbocycles. The fourth-order valence-electron chi connectivity index (χ4n) is 3.12. The Kier molecular flexibility index (Phi) is 6.39. The largest absolute Gasteiger partial charge is 0.466 e. The maximum absolute atomic E-state index is 12.6. The summed E-state index contributed by atoms with van der Waals surface area (Å²) in [6.07, 6.45) is 3.39. The number of hydrogen-bond acceptors (Lipinski definition) is 6. The molecule has 7 heteroatoms. The number of carbonyl (C=O) groups excluding carboxylic acids is 2. The number of aryl methyl sites for hydroxylation is 2. The first-order valence-electron chi connectivity index (χ1n) is 9.10. The molecule has 0 saturated heterocycles. The number of carbonyl (C=O) groups is 2. The van der Waals surface area contributed by atoms with E-state index >= 15 is 0 Å². The number of pyridine rings is 1. The predicted molar refractivity (Wildman–Crippen MR) is 104 cm³/mol. The van der Waals surface area contributed by atoms with Gasteiger partial charge in [0.2, 0.25) is 0 Å². The molecule has 146 valence electrons. The van der Waals surface area contributed by atoms with E-state index in [1.165, 1.54) is 12.0 Å². The Hall–Kier alpha value is -3.19. The number of esters is 1. The van der Waals surface area contributed by atoms with Crippen LogP contribution in [0.3, 0.4) is 0 Å². The highest BCUT2D eigenvalue weighted by Gasteiger charge is 2.34. The zero-order valence-electron chi connectivity index (χ0n) is 15.7. The Morgan fingerprint density at radius 1 is 1.25 bits per heavy atom. The predicted octanol–water partition coefficient (Wildman–Crippen LogP) is 1.54. The summed E-state index contributed by atoms with van der Waals surface area (Å²) in [6.45, 7) is 0.110. The number of hydrogen-bond donors (Lipinski definition) is 2. The van der Waals surface area contributed by atoms with Gasteiger partial charge in [0.1, 0.15) is 5.70 Å². The normalized spacial score (nSPS) is 13.8. The van der Waals surface area contributed by atoms with E-state index in [0.717, 1.165) is 24.1 Å². The molecule has 2 aromatic rings. The highest BCUT2D eigenvalue weighted by molar-refractivity contribution is 6.08. The Morgan fingerprint density at radius 2 is 2.11 bits per heavy atom. The summed E-state index contributed by atoms with van der Waals surface area (Å²) < 4.78 is 4.80. The number of benzene rings is 1. The molecule has 0 unspecified atom stereocenters. The number of methoxy groups -OCH3 is 1. The number of aromatic nitrogens is 1. The van der Waals surface area contributed by atoms with Crippen molar-refractivity contribution < 1.29 is 19.4 Å². The minimum absolute atomic E-state index is 0.119. The molecule has 0 radical (unpaired) electrons. The van der Waals surface area contributed by atoms with Gasteiger partial charge >= 0.3 is 5.97 Å². The molecule has 1 aliphatic rings. The van der Waals surface area contributed by atoms with Gasteiger partial charge in [-0.05, 0) is 42.7 Å². The van der Waals surface area contributed by atoms with Gasteiger partial charge in [-0.15, -0.1) is 0 Å². The summed E-state index contributed by atoms with van der Waals surface area (Å²) in [7, 11) is 1.28. The van der Waals surface area contributed by atoms with Crippen molar-refractivity contribution in [3.63, 3.8) is 0 Å². The van der Waals surface area contributed by atoms with E-state index in [-0.39, 0.29) is 36.9 Å². The molecule has 1 aliphatic heterocycles. The van der Waals surface area contributed by atoms with E-state index in [9.17, 15) is 9.59 Å². The molecule has 0 fully saturated rings. The SMILES string of the molecule is COC(=O)C1=C(Nc2cccc(CCc3ccccn3)c2)C(=O)N(CCO)C1. The molecule has 3 rings (SSSR count). The summed E-state index contributed by atoms with van der Waals surface area (Å²) in [6, 6.07) is 13.5. The van der Waals surface area contributed by atoms with Crippen LogP contribution < -0.4 is 5.32 Å². The highest BCUT2D eigenvalue weighted by atomic mass is 16.5. The van der Waals surface area contributed by atoms with Crippen molar-refractivity contribution in [1.29, 1.82) is 0 Å². The summed E-state index contributed by atoms with van der Waals surface area (Å²) >= 11 is 0. The van der Waals surface area contributed by atoms with Gasteiger partial charge in [0.25, 0.3) is 5.91 Å². The first-order valence-corrected chi connectivity index (χ1v) is 9.10. The van der Waals surface area contributed by atoms with E-state index in [2.05, 4.69) is 10.3 Å². The Balaban J connectivity index is 1.75. The monoisotopic (exact) mass is 381 g/mol. The van der Waals surface area contributed by atoms with Crippen LogP contribution in [-0.4, -0.2) is 53.7 Å². The van der Waals surface area contributed by atoms with Crippen molar-refractivity contribution in [2.24, 2.45) is 0 Å². The number of nitrogens with one attached hydrogen (secondary N) is 1. The number of amides is 1. The lowest BCUT2D eigenvalue weighted by molar-refractivity contribution is -0.136. The lowest BCUT2D eigenvalue weighted by Gasteiger charge is -2.15. The molecular weight excluding hydrogens is 358 g/mol. The van der Waals surface area contributed by atoms with Crippen molar-refractivity contribution in [2.45, 2.75) is 12.8 Å². The topological polar surface area (TPSA) is 91.8 Å². The van der Waals surface area contributed by atoms with Crippen LogP contribution in [0.2, 0.25) is 0 Å². The number of β-amino-alcohol motifs (C(OH)–C–C–N with tert-alkyl or cyclic N) is 1. The third-order valence-corrected chi connectivity index (χ3v) is 4.55. The summed E-state index contributed by atoms with van der Waals surface area (Å²) in [4.78, 5) is 30.4. The zero-order chi connectivity index (χ0) is 19.9. The Bertz CT molecular complexity index is 880. The van der Waals surface area contributed by atoms with Crippen LogP contribution in [0.5, 0.6) is 0 Å². The molecule has 28 heavy (non-hydrogen) atoms. The van der Waals surface area contributed by atoms with E-state index in [1.54, 1.807) is 6.20 Å². The van der Waals surface area contributed by atoms with E-state index in [1.807, 2.05) is 42.5 Å². The Labute approximate surface area is 163 Å². The molecule has 0 bridgehead atoms. The lowest BCUT2D eigenvalue weighted by atomic mass is 10.1. The molecule has 2 N–H and O–H groups in total. The molecule has 0 spiro atoms. The fraction of sp³-hybridized carbons (Fsp3) is 0.286. The molecule has 1 aromatic carbocycles. The van der Waals surface area contributed by atoms with Crippen LogP contribution in [-0.2, 0) is 27.2 Å². The molecule has 2 heterocycles. The van der Waals surface area contributed by atoms with Gasteiger partial charge in [0.15, 0.2) is 0 Å². The summed E-state index contributed by atoms with van der Waals surface area (Å²) in [5, 5.41) is 12.2. The minimum Gasteiger partial charge on any atom is -0.466 e. The number of nitrogens with zero attached hydrogens (tertiary/aromatic N) is 2. The number of ether oxygens (including phenoxy) is 1. The quantitative estimate of drug-likeness (QED) is 0.674. The molecule has 1 amide bonds.